The second kappa shape index (κ2) is 3.90. The zero-order chi connectivity index (χ0) is 12.7. The van der Waals surface area contributed by atoms with Crippen molar-refractivity contribution in [1.29, 1.82) is 0 Å². The molecule has 2 aliphatic heterocycles. The van der Waals surface area contributed by atoms with E-state index in [-0.39, 0.29) is 11.8 Å². The number of imide groups is 1. The highest BCUT2D eigenvalue weighted by molar-refractivity contribution is 6.11. The largest absolute Gasteiger partial charge is 0.292 e. The Kier molecular flexibility index (Phi) is 2.36. The third kappa shape index (κ3) is 1.49. The summed E-state index contributed by atoms with van der Waals surface area (Å²) in [6, 6.07) is 6.39. The van der Waals surface area contributed by atoms with Gasteiger partial charge in [0.25, 0.3) is 11.8 Å². The molecule has 2 atom stereocenters. The fraction of sp³-hybridized carbons (Fsp3) is 0.333. The monoisotopic (exact) mass is 244 g/mol. The van der Waals surface area contributed by atoms with E-state index in [0.717, 1.165) is 12.1 Å². The molecule has 6 nitrogen and oxygen atoms in total. The number of carbonyl (C=O) groups excluding carboxylic acids is 2. The van der Waals surface area contributed by atoms with Crippen LogP contribution in [-0.4, -0.2) is 23.9 Å². The average molecular weight is 244 g/mol. The number of fused-ring (bicyclic) bond motifs is 1. The van der Waals surface area contributed by atoms with E-state index in [1.807, 2.05) is 24.3 Å². The van der Waals surface area contributed by atoms with Crippen LogP contribution in [-0.2, 0) is 16.0 Å². The van der Waals surface area contributed by atoms with E-state index in [0.29, 0.717) is 0 Å². The van der Waals surface area contributed by atoms with Crippen LogP contribution in [0.4, 0.5) is 5.69 Å². The molecule has 2 aliphatic rings. The van der Waals surface area contributed by atoms with Gasteiger partial charge in [-0.15, -0.1) is 0 Å². The summed E-state index contributed by atoms with van der Waals surface area (Å²) in [6.45, 7) is 2.07. The SMILES string of the molecule is CCc1ccc(N2N=NC3C(=O)NC(=O)C32)cc1. The zero-order valence-corrected chi connectivity index (χ0v) is 9.83. The van der Waals surface area contributed by atoms with Crippen LogP contribution in [0, 0.1) is 0 Å². The molecule has 0 bridgehead atoms. The normalized spacial score (nSPS) is 25.5. The smallest absolute Gasteiger partial charge is 0.256 e. The van der Waals surface area contributed by atoms with Gasteiger partial charge in [0.2, 0.25) is 0 Å². The topological polar surface area (TPSA) is 74.1 Å². The number of hydrogen-bond donors (Lipinski definition) is 1. The van der Waals surface area contributed by atoms with Gasteiger partial charge in [0.05, 0.1) is 5.69 Å². The summed E-state index contributed by atoms with van der Waals surface area (Å²) >= 11 is 0. The summed E-state index contributed by atoms with van der Waals surface area (Å²) in [5.41, 5.74) is 1.98. The first kappa shape index (κ1) is 10.9. The van der Waals surface area contributed by atoms with Crippen LogP contribution >= 0.6 is 0 Å². The van der Waals surface area contributed by atoms with Crippen molar-refractivity contribution in [3.05, 3.63) is 29.8 Å². The first-order valence-corrected chi connectivity index (χ1v) is 5.84. The van der Waals surface area contributed by atoms with Crippen LogP contribution in [0.5, 0.6) is 0 Å². The van der Waals surface area contributed by atoms with Crippen molar-refractivity contribution in [3.8, 4) is 0 Å². The van der Waals surface area contributed by atoms with Gasteiger partial charge in [0.15, 0.2) is 12.1 Å². The molecule has 0 saturated carbocycles. The predicted molar refractivity (Wildman–Crippen MR) is 63.9 cm³/mol. The number of nitrogens with one attached hydrogen (secondary N) is 1. The maximum absolute atomic E-state index is 11.7. The second-order valence-corrected chi connectivity index (χ2v) is 4.31. The minimum atomic E-state index is -0.705. The van der Waals surface area contributed by atoms with E-state index in [4.69, 9.17) is 0 Å². The van der Waals surface area contributed by atoms with Gasteiger partial charge in [0, 0.05) is 0 Å². The molecule has 1 saturated heterocycles. The average Bonchev–Trinajstić information content (AvgIpc) is 2.93. The highest BCUT2D eigenvalue weighted by Gasteiger charge is 2.49. The second-order valence-electron chi connectivity index (χ2n) is 4.31. The molecule has 0 spiro atoms. The van der Waals surface area contributed by atoms with Crippen molar-refractivity contribution >= 4 is 17.5 Å². The van der Waals surface area contributed by atoms with Crippen LogP contribution in [0.3, 0.4) is 0 Å². The van der Waals surface area contributed by atoms with Crippen LogP contribution in [0.15, 0.2) is 34.6 Å². The summed E-state index contributed by atoms with van der Waals surface area (Å²) in [7, 11) is 0. The number of amides is 2. The first-order chi connectivity index (χ1) is 8.70. The zero-order valence-electron chi connectivity index (χ0n) is 9.83. The fourth-order valence-electron chi connectivity index (χ4n) is 2.18. The first-order valence-electron chi connectivity index (χ1n) is 5.84. The summed E-state index contributed by atoms with van der Waals surface area (Å²) in [5, 5.41) is 11.5. The Labute approximate surface area is 104 Å². The maximum atomic E-state index is 11.7. The van der Waals surface area contributed by atoms with Gasteiger partial charge in [-0.1, -0.05) is 24.3 Å². The molecule has 2 amide bonds. The molecule has 1 N–H and O–H groups in total. The van der Waals surface area contributed by atoms with Crippen molar-refractivity contribution in [3.63, 3.8) is 0 Å². The molecule has 6 heteroatoms. The van der Waals surface area contributed by atoms with Gasteiger partial charge >= 0.3 is 0 Å². The molecule has 92 valence electrons. The Balaban J connectivity index is 1.91. The van der Waals surface area contributed by atoms with Crippen molar-refractivity contribution in [2.24, 2.45) is 10.3 Å². The van der Waals surface area contributed by atoms with Gasteiger partial charge in [-0.25, -0.2) is 5.01 Å². The van der Waals surface area contributed by atoms with Gasteiger partial charge in [-0.05, 0) is 24.1 Å². The van der Waals surface area contributed by atoms with E-state index >= 15 is 0 Å². The maximum Gasteiger partial charge on any atom is 0.256 e. The molecule has 0 radical (unpaired) electrons. The molecule has 18 heavy (non-hydrogen) atoms. The molecule has 1 aromatic rings. The summed E-state index contributed by atoms with van der Waals surface area (Å²) in [4.78, 5) is 23.1. The van der Waals surface area contributed by atoms with Crippen LogP contribution in [0.2, 0.25) is 0 Å². The van der Waals surface area contributed by atoms with Gasteiger partial charge < -0.3 is 0 Å². The van der Waals surface area contributed by atoms with E-state index in [2.05, 4.69) is 22.6 Å². The number of aryl methyl sites for hydroxylation is 1. The van der Waals surface area contributed by atoms with Crippen LogP contribution in [0.25, 0.3) is 0 Å². The Morgan fingerprint density at radius 2 is 1.94 bits per heavy atom. The van der Waals surface area contributed by atoms with Crippen LogP contribution in [0.1, 0.15) is 12.5 Å². The summed E-state index contributed by atoms with van der Waals surface area (Å²) in [5.74, 6) is -0.712. The van der Waals surface area contributed by atoms with Crippen molar-refractivity contribution in [1.82, 2.24) is 5.32 Å². The van der Waals surface area contributed by atoms with Gasteiger partial charge in [-0.2, -0.15) is 5.11 Å². The number of rotatable bonds is 2. The fourth-order valence-corrected chi connectivity index (χ4v) is 2.18. The summed E-state index contributed by atoms with van der Waals surface area (Å²) in [6.07, 6.45) is 0.951. The van der Waals surface area contributed by atoms with Gasteiger partial charge in [0.1, 0.15) is 0 Å². The van der Waals surface area contributed by atoms with E-state index < -0.39 is 12.1 Å². The number of anilines is 1. The molecule has 0 aliphatic carbocycles. The molecule has 2 heterocycles. The minimum Gasteiger partial charge on any atom is -0.292 e. The molecular weight excluding hydrogens is 232 g/mol. The molecule has 0 aromatic heterocycles. The van der Waals surface area contributed by atoms with E-state index in [1.54, 1.807) is 0 Å². The third-order valence-electron chi connectivity index (χ3n) is 3.23. The highest BCUT2D eigenvalue weighted by atomic mass is 16.2. The lowest BCUT2D eigenvalue weighted by Gasteiger charge is -2.18. The lowest BCUT2D eigenvalue weighted by atomic mass is 10.1. The van der Waals surface area contributed by atoms with Crippen molar-refractivity contribution in [2.75, 3.05) is 5.01 Å². The van der Waals surface area contributed by atoms with Crippen molar-refractivity contribution in [2.45, 2.75) is 25.4 Å². The standard InChI is InChI=1S/C12H12N4O2/c1-2-7-3-5-8(6-4-7)16-10-9(14-15-16)11(17)13-12(10)18/h3-6,9-10H,2H2,1H3,(H,13,17,18). The Bertz CT molecular complexity index is 538. The Morgan fingerprint density at radius 3 is 2.61 bits per heavy atom. The Hall–Kier alpha value is -2.24. The minimum absolute atomic E-state index is 0.338. The lowest BCUT2D eigenvalue weighted by Crippen LogP contribution is -2.38. The number of hydrogen-bond acceptors (Lipinski definition) is 5. The third-order valence-corrected chi connectivity index (χ3v) is 3.23. The van der Waals surface area contributed by atoms with Crippen LogP contribution < -0.4 is 10.3 Å². The van der Waals surface area contributed by atoms with E-state index in [9.17, 15) is 9.59 Å². The molecule has 2 unspecified atom stereocenters. The molecule has 1 fully saturated rings. The Morgan fingerprint density at radius 1 is 1.22 bits per heavy atom. The van der Waals surface area contributed by atoms with Crippen molar-refractivity contribution < 1.29 is 9.59 Å². The molecular formula is C12H12N4O2. The lowest BCUT2D eigenvalue weighted by molar-refractivity contribution is -0.125. The van der Waals surface area contributed by atoms with Gasteiger partial charge in [-0.3, -0.25) is 14.9 Å². The molecule has 3 rings (SSSR count). The van der Waals surface area contributed by atoms with E-state index in [1.165, 1.54) is 10.6 Å². The number of benzene rings is 1. The highest BCUT2D eigenvalue weighted by Crippen LogP contribution is 2.28. The summed E-state index contributed by atoms with van der Waals surface area (Å²) < 4.78 is 0. The quantitative estimate of drug-likeness (QED) is 0.783. The number of nitrogens with zero attached hydrogens (tertiary/aromatic N) is 3. The molecule has 1 aromatic carbocycles. The number of carbonyl (C=O) groups is 2. The predicted octanol–water partition coefficient (Wildman–Crippen LogP) is 0.830.